The van der Waals surface area contributed by atoms with Crippen LogP contribution in [-0.4, -0.2) is 35.5 Å². The number of primary amides is 1. The highest BCUT2D eigenvalue weighted by Crippen LogP contribution is 2.20. The van der Waals surface area contributed by atoms with Gasteiger partial charge in [-0.25, -0.2) is 4.79 Å². The number of ketones is 1. The first kappa shape index (κ1) is 26.3. The molecule has 0 saturated heterocycles. The number of hydrogen-bond donors (Lipinski definition) is 2. The van der Waals surface area contributed by atoms with Crippen LogP contribution in [0.1, 0.15) is 65.0 Å². The summed E-state index contributed by atoms with van der Waals surface area (Å²) in [6, 6.07) is 11.9. The lowest BCUT2D eigenvalue weighted by Gasteiger charge is -2.27. The van der Waals surface area contributed by atoms with Crippen LogP contribution >= 0.6 is 0 Å². The van der Waals surface area contributed by atoms with Gasteiger partial charge in [-0.1, -0.05) is 30.3 Å². The number of alkyl carbamates (subject to hydrolysis) is 1. The Kier molecular flexibility index (Phi) is 9.41. The molecular weight excluding hydrogens is 420 g/mol. The fraction of sp³-hybridized carbons (Fsp3) is 0.500. The first-order chi connectivity index (χ1) is 15.4. The van der Waals surface area contributed by atoms with Crippen molar-refractivity contribution in [2.45, 2.75) is 84.7 Å². The van der Waals surface area contributed by atoms with Gasteiger partial charge < -0.3 is 25.3 Å². The molecule has 3 N–H and O–H groups in total. The number of aryl methyl sites for hydroxylation is 1. The first-order valence-corrected chi connectivity index (χ1v) is 11.3. The second-order valence-corrected chi connectivity index (χ2v) is 9.49. The van der Waals surface area contributed by atoms with Crippen LogP contribution in [0, 0.1) is 0 Å². The third-order valence-electron chi connectivity index (χ3n) is 5.22. The van der Waals surface area contributed by atoms with Crippen molar-refractivity contribution in [2.75, 3.05) is 0 Å². The van der Waals surface area contributed by atoms with E-state index in [2.05, 4.69) is 29.6 Å². The van der Waals surface area contributed by atoms with Crippen molar-refractivity contribution in [3.8, 4) is 0 Å². The van der Waals surface area contributed by atoms with Crippen molar-refractivity contribution in [2.24, 2.45) is 5.73 Å². The lowest BCUT2D eigenvalue weighted by atomic mass is 10.0. The van der Waals surface area contributed by atoms with Crippen molar-refractivity contribution < 1.29 is 23.9 Å². The number of hydrogen-bond acceptors (Lipinski definition) is 5. The lowest BCUT2D eigenvalue weighted by Crippen LogP contribution is -2.45. The molecule has 2 aromatic carbocycles. The minimum absolute atomic E-state index is 0.132. The molecule has 2 atom stereocenters. The van der Waals surface area contributed by atoms with Gasteiger partial charge in [-0.2, -0.15) is 0 Å². The molecule has 7 heteroatoms. The van der Waals surface area contributed by atoms with E-state index in [0.29, 0.717) is 19.4 Å². The zero-order chi connectivity index (χ0) is 24.6. The minimum atomic E-state index is -0.628. The average molecular weight is 457 g/mol. The molecule has 0 aliphatic heterocycles. The van der Waals surface area contributed by atoms with Crippen LogP contribution in [0.4, 0.5) is 4.79 Å². The van der Waals surface area contributed by atoms with Crippen LogP contribution in [0.5, 0.6) is 0 Å². The van der Waals surface area contributed by atoms with Gasteiger partial charge in [0.2, 0.25) is 5.91 Å². The summed E-state index contributed by atoms with van der Waals surface area (Å²) in [5, 5.41) is 5.00. The normalized spacial score (nSPS) is 13.4. The van der Waals surface area contributed by atoms with Crippen LogP contribution in [0.25, 0.3) is 10.8 Å². The van der Waals surface area contributed by atoms with E-state index in [-0.39, 0.29) is 18.3 Å². The van der Waals surface area contributed by atoms with Crippen LogP contribution < -0.4 is 11.1 Å². The van der Waals surface area contributed by atoms with Gasteiger partial charge >= 0.3 is 6.09 Å². The zero-order valence-corrected chi connectivity index (χ0v) is 20.3. The summed E-state index contributed by atoms with van der Waals surface area (Å²) in [5.74, 6) is -0.259. The highest BCUT2D eigenvalue weighted by atomic mass is 16.6. The smallest absolute Gasteiger partial charge is 0.407 e. The number of fused-ring (bicyclic) bond motifs is 1. The predicted molar refractivity (Wildman–Crippen MR) is 129 cm³/mol. The minimum Gasteiger partial charge on any atom is -0.444 e. The molecule has 0 bridgehead atoms. The van der Waals surface area contributed by atoms with Gasteiger partial charge in [0.25, 0.3) is 0 Å². The molecule has 0 fully saturated rings. The Hall–Kier alpha value is -2.93. The highest BCUT2D eigenvalue weighted by molar-refractivity contribution is 5.84. The van der Waals surface area contributed by atoms with Crippen molar-refractivity contribution >= 4 is 28.6 Å². The summed E-state index contributed by atoms with van der Waals surface area (Å²) in [6.07, 6.45) is 0.815. The fourth-order valence-corrected chi connectivity index (χ4v) is 3.44. The Morgan fingerprint density at radius 2 is 1.64 bits per heavy atom. The Balaban J connectivity index is 2.05. The largest absolute Gasteiger partial charge is 0.444 e. The molecule has 0 aliphatic carbocycles. The molecule has 0 spiro atoms. The van der Waals surface area contributed by atoms with Crippen LogP contribution in [0.3, 0.4) is 0 Å². The Bertz CT molecular complexity index is 980. The number of carbonyl (C=O) groups is 3. The molecule has 2 rings (SSSR count). The SMILES string of the molecule is CC(=O)CCc1ccc2ccc(CO[C@H](C)[C@H](CCC(N)=O)NC(=O)OC(C)(C)C)cc2c1. The van der Waals surface area contributed by atoms with Gasteiger partial charge in [-0.05, 0) is 75.4 Å². The number of amides is 2. The molecule has 0 aromatic heterocycles. The van der Waals surface area contributed by atoms with E-state index in [1.807, 2.05) is 19.1 Å². The number of nitrogens with one attached hydrogen (secondary N) is 1. The number of ether oxygens (including phenoxy) is 2. The molecule has 180 valence electrons. The van der Waals surface area contributed by atoms with E-state index < -0.39 is 23.6 Å². The Labute approximate surface area is 196 Å². The van der Waals surface area contributed by atoms with E-state index in [0.717, 1.165) is 28.3 Å². The Morgan fingerprint density at radius 1 is 1.00 bits per heavy atom. The summed E-state index contributed by atoms with van der Waals surface area (Å²) < 4.78 is 11.4. The van der Waals surface area contributed by atoms with Crippen LogP contribution in [0.15, 0.2) is 36.4 Å². The van der Waals surface area contributed by atoms with Crippen molar-refractivity contribution in [3.05, 3.63) is 47.5 Å². The molecule has 2 amide bonds. The van der Waals surface area contributed by atoms with E-state index in [1.165, 1.54) is 0 Å². The summed E-state index contributed by atoms with van der Waals surface area (Å²) >= 11 is 0. The summed E-state index contributed by atoms with van der Waals surface area (Å²) in [7, 11) is 0. The second kappa shape index (κ2) is 11.8. The number of benzene rings is 2. The number of Topliss-reactive ketones (excluding diaryl/α,β-unsaturated/α-hetero) is 1. The molecular formula is C26H36N2O5. The monoisotopic (exact) mass is 456 g/mol. The van der Waals surface area contributed by atoms with Crippen molar-refractivity contribution in [1.29, 1.82) is 0 Å². The first-order valence-electron chi connectivity index (χ1n) is 11.3. The fourth-order valence-electron chi connectivity index (χ4n) is 3.44. The molecule has 33 heavy (non-hydrogen) atoms. The maximum Gasteiger partial charge on any atom is 0.407 e. The van der Waals surface area contributed by atoms with E-state index in [1.54, 1.807) is 27.7 Å². The molecule has 0 saturated carbocycles. The molecule has 0 heterocycles. The molecule has 2 aromatic rings. The number of carbonyl (C=O) groups excluding carboxylic acids is 3. The van der Waals surface area contributed by atoms with Gasteiger partial charge in [-0.15, -0.1) is 0 Å². The number of nitrogens with two attached hydrogens (primary N) is 1. The Morgan fingerprint density at radius 3 is 2.24 bits per heavy atom. The third kappa shape index (κ3) is 9.61. The van der Waals surface area contributed by atoms with E-state index in [4.69, 9.17) is 15.2 Å². The van der Waals surface area contributed by atoms with Gasteiger partial charge in [0.15, 0.2) is 0 Å². The maximum atomic E-state index is 12.2. The third-order valence-corrected chi connectivity index (χ3v) is 5.22. The topological polar surface area (TPSA) is 108 Å². The van der Waals surface area contributed by atoms with E-state index >= 15 is 0 Å². The summed E-state index contributed by atoms with van der Waals surface area (Å²) in [4.78, 5) is 34.8. The maximum absolute atomic E-state index is 12.2. The van der Waals surface area contributed by atoms with Crippen LogP contribution in [-0.2, 0) is 32.1 Å². The highest BCUT2D eigenvalue weighted by Gasteiger charge is 2.24. The van der Waals surface area contributed by atoms with Gasteiger partial charge in [-0.3, -0.25) is 4.79 Å². The van der Waals surface area contributed by atoms with Gasteiger partial charge in [0.1, 0.15) is 11.4 Å². The van der Waals surface area contributed by atoms with Gasteiger partial charge in [0, 0.05) is 12.8 Å². The van der Waals surface area contributed by atoms with Crippen molar-refractivity contribution in [1.82, 2.24) is 5.32 Å². The van der Waals surface area contributed by atoms with Gasteiger partial charge in [0.05, 0.1) is 18.8 Å². The summed E-state index contributed by atoms with van der Waals surface area (Å²) in [5.41, 5.74) is 6.78. The molecule has 0 radical (unpaired) electrons. The second-order valence-electron chi connectivity index (χ2n) is 9.49. The van der Waals surface area contributed by atoms with E-state index in [9.17, 15) is 14.4 Å². The quantitative estimate of drug-likeness (QED) is 0.520. The molecule has 0 unspecified atom stereocenters. The molecule has 7 nitrogen and oxygen atoms in total. The summed E-state index contributed by atoms with van der Waals surface area (Å²) in [6.45, 7) is 9.16. The lowest BCUT2D eigenvalue weighted by molar-refractivity contribution is -0.118. The van der Waals surface area contributed by atoms with Crippen molar-refractivity contribution in [3.63, 3.8) is 0 Å². The number of rotatable bonds is 11. The zero-order valence-electron chi connectivity index (χ0n) is 20.3. The average Bonchev–Trinajstić information content (AvgIpc) is 2.71. The predicted octanol–water partition coefficient (Wildman–Crippen LogP) is 4.43. The molecule has 0 aliphatic rings. The van der Waals surface area contributed by atoms with Crippen LogP contribution in [0.2, 0.25) is 0 Å². The standard InChI is InChI=1S/C26H36N2O5/c1-17(29)6-7-19-8-10-21-11-9-20(15-22(21)14-19)16-32-18(2)23(12-13-24(27)30)28-25(31)33-26(3,4)5/h8-11,14-15,18,23H,6-7,12-13,16H2,1-5H3,(H2,27,30)(H,28,31)/t18-,23+/m1/s1.